The minimum atomic E-state index is -0.199. The lowest BCUT2D eigenvalue weighted by atomic mass is 10.2. The van der Waals surface area contributed by atoms with E-state index in [9.17, 15) is 5.11 Å². The van der Waals surface area contributed by atoms with Gasteiger partial charge in [-0.2, -0.15) is 0 Å². The summed E-state index contributed by atoms with van der Waals surface area (Å²) in [5.41, 5.74) is 5.79. The monoisotopic (exact) mass is 207 g/mol. The fourth-order valence-electron chi connectivity index (χ4n) is 2.14. The molecule has 0 unspecified atom stereocenters. The van der Waals surface area contributed by atoms with Crippen LogP contribution in [0.4, 0.5) is 0 Å². The molecule has 2 fully saturated rings. The molecular weight excluding hydrogens is 190 g/mol. The van der Waals surface area contributed by atoms with Crippen LogP contribution in [0.15, 0.2) is 0 Å². The molecule has 0 aliphatic carbocycles. The third-order valence-electron chi connectivity index (χ3n) is 2.88. The number of β-amino-alcohol motifs (C(OH)–C–C–N with tert-alkyl or cyclic N) is 1. The van der Waals surface area contributed by atoms with E-state index in [4.69, 9.17) is 5.73 Å². The summed E-state index contributed by atoms with van der Waals surface area (Å²) < 4.78 is 0. The first-order valence-corrected chi connectivity index (χ1v) is 4.66. The van der Waals surface area contributed by atoms with E-state index in [0.29, 0.717) is 12.1 Å². The molecule has 4 nitrogen and oxygen atoms in total. The Kier molecular flexibility index (Phi) is 3.94. The van der Waals surface area contributed by atoms with Crippen molar-refractivity contribution in [3.63, 3.8) is 0 Å². The Labute approximate surface area is 84.9 Å². The number of nitrogens with one attached hydrogen (secondary N) is 1. The average Bonchev–Trinajstić information content (AvgIpc) is 2.58. The average molecular weight is 208 g/mol. The number of hydrogen-bond acceptors (Lipinski definition) is 4. The highest BCUT2D eigenvalue weighted by Gasteiger charge is 2.33. The van der Waals surface area contributed by atoms with Crippen molar-refractivity contribution in [2.75, 3.05) is 26.2 Å². The molecule has 78 valence electrons. The van der Waals surface area contributed by atoms with E-state index in [1.54, 1.807) is 0 Å². The van der Waals surface area contributed by atoms with Crippen LogP contribution < -0.4 is 11.1 Å². The Bertz CT molecular complexity index is 169. The largest absolute Gasteiger partial charge is 0.390 e. The Morgan fingerprint density at radius 3 is 2.62 bits per heavy atom. The number of nitrogens with two attached hydrogens (primary N) is 1. The van der Waals surface area contributed by atoms with E-state index < -0.39 is 0 Å². The maximum atomic E-state index is 9.59. The van der Waals surface area contributed by atoms with Gasteiger partial charge in [0.25, 0.3) is 0 Å². The summed E-state index contributed by atoms with van der Waals surface area (Å²) in [6.45, 7) is 3.64. The molecule has 0 radical (unpaired) electrons. The standard InChI is InChI=1S/C8H17N3O.ClH/c9-6-1-2-11(5-6)7-3-10-4-8(7)12;/h6-8,10,12H,1-5,9H2;1H/t6-,7-,8-;/m1./s1. The molecule has 2 aliphatic heterocycles. The fraction of sp³-hybridized carbons (Fsp3) is 1.00. The lowest BCUT2D eigenvalue weighted by Crippen LogP contribution is -2.42. The molecule has 13 heavy (non-hydrogen) atoms. The van der Waals surface area contributed by atoms with Crippen LogP contribution in [0, 0.1) is 0 Å². The molecule has 0 aromatic heterocycles. The van der Waals surface area contributed by atoms with Crippen LogP contribution in [-0.2, 0) is 0 Å². The van der Waals surface area contributed by atoms with Gasteiger partial charge in [0.05, 0.1) is 6.10 Å². The number of likely N-dealkylation sites (tertiary alicyclic amines) is 1. The van der Waals surface area contributed by atoms with Crippen molar-refractivity contribution >= 4 is 12.4 Å². The highest BCUT2D eigenvalue weighted by molar-refractivity contribution is 5.85. The third kappa shape index (κ3) is 2.33. The fourth-order valence-corrected chi connectivity index (χ4v) is 2.14. The van der Waals surface area contributed by atoms with E-state index in [1.807, 2.05) is 0 Å². The van der Waals surface area contributed by atoms with Crippen LogP contribution in [0.25, 0.3) is 0 Å². The summed E-state index contributed by atoms with van der Waals surface area (Å²) in [6.07, 6.45) is 0.874. The van der Waals surface area contributed by atoms with Gasteiger partial charge in [-0.15, -0.1) is 12.4 Å². The van der Waals surface area contributed by atoms with Crippen LogP contribution in [0.2, 0.25) is 0 Å². The topological polar surface area (TPSA) is 61.5 Å². The number of hydrogen-bond donors (Lipinski definition) is 3. The molecule has 0 amide bonds. The Morgan fingerprint density at radius 1 is 1.38 bits per heavy atom. The van der Waals surface area contributed by atoms with Gasteiger partial charge in [-0.1, -0.05) is 0 Å². The zero-order valence-electron chi connectivity index (χ0n) is 7.65. The molecule has 0 spiro atoms. The van der Waals surface area contributed by atoms with E-state index in [-0.39, 0.29) is 18.5 Å². The summed E-state index contributed by atoms with van der Waals surface area (Å²) in [4.78, 5) is 2.30. The summed E-state index contributed by atoms with van der Waals surface area (Å²) in [7, 11) is 0. The summed E-state index contributed by atoms with van der Waals surface area (Å²) in [6, 6.07) is 0.622. The molecule has 0 saturated carbocycles. The van der Waals surface area contributed by atoms with E-state index in [2.05, 4.69) is 10.2 Å². The second-order valence-corrected chi connectivity index (χ2v) is 3.84. The predicted molar refractivity (Wildman–Crippen MR) is 54.1 cm³/mol. The van der Waals surface area contributed by atoms with Crippen molar-refractivity contribution in [3.8, 4) is 0 Å². The minimum absolute atomic E-state index is 0. The van der Waals surface area contributed by atoms with Gasteiger partial charge in [-0.3, -0.25) is 4.90 Å². The lowest BCUT2D eigenvalue weighted by Gasteiger charge is -2.25. The van der Waals surface area contributed by atoms with Crippen LogP contribution in [0.3, 0.4) is 0 Å². The molecule has 2 heterocycles. The van der Waals surface area contributed by atoms with Crippen molar-refractivity contribution in [2.45, 2.75) is 24.6 Å². The second-order valence-electron chi connectivity index (χ2n) is 3.84. The molecule has 3 atom stereocenters. The quantitative estimate of drug-likeness (QED) is 0.504. The molecule has 4 N–H and O–H groups in total. The molecule has 0 aromatic rings. The first-order chi connectivity index (χ1) is 5.77. The van der Waals surface area contributed by atoms with Gasteiger partial charge in [0.15, 0.2) is 0 Å². The Morgan fingerprint density at radius 2 is 2.15 bits per heavy atom. The van der Waals surface area contributed by atoms with E-state index in [0.717, 1.165) is 32.6 Å². The van der Waals surface area contributed by atoms with Crippen LogP contribution >= 0.6 is 12.4 Å². The van der Waals surface area contributed by atoms with Gasteiger partial charge in [-0.25, -0.2) is 0 Å². The molecular formula is C8H18ClN3O. The van der Waals surface area contributed by atoms with Gasteiger partial charge in [0.2, 0.25) is 0 Å². The Hall–Kier alpha value is 0.130. The van der Waals surface area contributed by atoms with Crippen molar-refractivity contribution < 1.29 is 5.11 Å². The minimum Gasteiger partial charge on any atom is -0.390 e. The van der Waals surface area contributed by atoms with Crippen LogP contribution in [-0.4, -0.2) is 54.4 Å². The highest BCUT2D eigenvalue weighted by Crippen LogP contribution is 2.15. The number of aliphatic hydroxyl groups excluding tert-OH is 1. The van der Waals surface area contributed by atoms with Crippen molar-refractivity contribution in [1.29, 1.82) is 0 Å². The Balaban J connectivity index is 0.000000845. The molecule has 0 bridgehead atoms. The van der Waals surface area contributed by atoms with Crippen molar-refractivity contribution in [1.82, 2.24) is 10.2 Å². The van der Waals surface area contributed by atoms with Crippen LogP contribution in [0.5, 0.6) is 0 Å². The predicted octanol–water partition coefficient (Wildman–Crippen LogP) is -1.23. The maximum absolute atomic E-state index is 9.59. The first kappa shape index (κ1) is 11.2. The van der Waals surface area contributed by atoms with Gasteiger partial charge in [0, 0.05) is 38.3 Å². The molecule has 2 aliphatic rings. The normalized spacial score (nSPS) is 40.6. The molecule has 5 heteroatoms. The van der Waals surface area contributed by atoms with Crippen molar-refractivity contribution in [3.05, 3.63) is 0 Å². The first-order valence-electron chi connectivity index (χ1n) is 4.66. The molecule has 2 rings (SSSR count). The molecule has 0 aromatic carbocycles. The lowest BCUT2D eigenvalue weighted by molar-refractivity contribution is 0.0978. The van der Waals surface area contributed by atoms with Gasteiger partial charge in [-0.05, 0) is 6.42 Å². The molecule has 2 saturated heterocycles. The number of aliphatic hydroxyl groups is 1. The van der Waals surface area contributed by atoms with Gasteiger partial charge < -0.3 is 16.2 Å². The van der Waals surface area contributed by atoms with Gasteiger partial charge in [0.1, 0.15) is 0 Å². The highest BCUT2D eigenvalue weighted by atomic mass is 35.5. The van der Waals surface area contributed by atoms with Crippen molar-refractivity contribution in [2.24, 2.45) is 5.73 Å². The number of rotatable bonds is 1. The summed E-state index contributed by atoms with van der Waals surface area (Å²) in [5.74, 6) is 0. The zero-order valence-corrected chi connectivity index (χ0v) is 8.46. The zero-order chi connectivity index (χ0) is 8.55. The summed E-state index contributed by atoms with van der Waals surface area (Å²) in [5, 5.41) is 12.8. The second kappa shape index (κ2) is 4.57. The van der Waals surface area contributed by atoms with Gasteiger partial charge >= 0.3 is 0 Å². The SMILES string of the molecule is Cl.N[C@@H]1CCN([C@@H]2CNC[C@H]2O)C1. The smallest absolute Gasteiger partial charge is 0.0831 e. The maximum Gasteiger partial charge on any atom is 0.0831 e. The van der Waals surface area contributed by atoms with E-state index >= 15 is 0 Å². The third-order valence-corrected chi connectivity index (χ3v) is 2.88. The van der Waals surface area contributed by atoms with E-state index in [1.165, 1.54) is 0 Å². The number of nitrogens with zero attached hydrogens (tertiary/aromatic N) is 1. The van der Waals surface area contributed by atoms with Crippen LogP contribution in [0.1, 0.15) is 6.42 Å². The number of halogens is 1. The summed E-state index contributed by atoms with van der Waals surface area (Å²) >= 11 is 0.